The first-order chi connectivity index (χ1) is 21.4. The van der Waals surface area contributed by atoms with Gasteiger partial charge in [0.25, 0.3) is 0 Å². The lowest BCUT2D eigenvalue weighted by molar-refractivity contribution is -0.116. The quantitative estimate of drug-likeness (QED) is 0.143. The molecule has 1 aliphatic heterocycles. The van der Waals surface area contributed by atoms with Gasteiger partial charge in [-0.15, -0.1) is 11.3 Å². The van der Waals surface area contributed by atoms with Crippen LogP contribution in [0.3, 0.4) is 0 Å². The van der Waals surface area contributed by atoms with Gasteiger partial charge in [-0.05, 0) is 91.3 Å². The first-order valence-electron chi connectivity index (χ1n) is 15.0. The number of benzene rings is 3. The molecule has 3 aromatic carbocycles. The van der Waals surface area contributed by atoms with Gasteiger partial charge in [-0.25, -0.2) is 9.78 Å². The molecule has 1 fully saturated rings. The number of anilines is 4. The van der Waals surface area contributed by atoms with Crippen molar-refractivity contribution < 1.29 is 9.59 Å². The molecule has 3 amide bonds. The molecule has 44 heavy (non-hydrogen) atoms. The normalized spacial score (nSPS) is 13.5. The number of amides is 3. The number of carbonyl (C=O) groups is 2. The van der Waals surface area contributed by atoms with Crippen molar-refractivity contribution in [2.75, 3.05) is 41.3 Å². The maximum Gasteiger partial charge on any atom is 0.323 e. The highest BCUT2D eigenvalue weighted by molar-refractivity contribution is 7.18. The van der Waals surface area contributed by atoms with Crippen LogP contribution in [0.15, 0.2) is 84.4 Å². The van der Waals surface area contributed by atoms with Crippen LogP contribution < -0.4 is 21.7 Å². The minimum atomic E-state index is -0.301. The number of carbonyl (C=O) groups excluding carboxylic acids is 2. The molecule has 6 rings (SSSR count). The van der Waals surface area contributed by atoms with Crippen LogP contribution in [-0.2, 0) is 4.79 Å². The molecule has 224 valence electrons. The maximum absolute atomic E-state index is 12.5. The number of nitrogens with two attached hydrogens (primary N) is 1. The molecule has 3 heterocycles. The third-order valence-electron chi connectivity index (χ3n) is 7.94. The number of nitrogens with one attached hydrogen (secondary N) is 3. The Kier molecular flexibility index (Phi) is 8.86. The summed E-state index contributed by atoms with van der Waals surface area (Å²) in [6.45, 7) is 4.97. The third kappa shape index (κ3) is 6.90. The summed E-state index contributed by atoms with van der Waals surface area (Å²) in [6, 6.07) is 22.9. The number of thiophene rings is 1. The van der Waals surface area contributed by atoms with E-state index in [9.17, 15) is 9.59 Å². The van der Waals surface area contributed by atoms with Crippen molar-refractivity contribution in [2.45, 2.75) is 32.6 Å². The van der Waals surface area contributed by atoms with E-state index < -0.39 is 0 Å². The first kappa shape index (κ1) is 29.3. The Balaban J connectivity index is 1.13. The van der Waals surface area contributed by atoms with Crippen LogP contribution in [0.2, 0.25) is 0 Å². The molecule has 0 radical (unpaired) electrons. The zero-order valence-electron chi connectivity index (χ0n) is 24.7. The standard InChI is InChI=1S/C35H36N6O2S/c1-23-6-5-7-28(20-23)40-35(43)39-27-14-10-25(11-15-27)30-22-44-33-29(21-37-34(36)32(30)33)24-8-12-26(13-9-24)38-31(42)16-19-41-17-3-2-4-18-41/h5-15,20-22H,2-4,16-19H2,1H3,(H2,36,37)(H,38,42)(H2,39,40,43). The predicted octanol–water partition coefficient (Wildman–Crippen LogP) is 7.98. The fourth-order valence-corrected chi connectivity index (χ4v) is 6.75. The molecule has 5 N–H and O–H groups in total. The fourth-order valence-electron chi connectivity index (χ4n) is 5.63. The first-order valence-corrected chi connectivity index (χ1v) is 15.8. The number of hydrogen-bond donors (Lipinski definition) is 4. The van der Waals surface area contributed by atoms with E-state index in [1.807, 2.05) is 85.9 Å². The van der Waals surface area contributed by atoms with Crippen molar-refractivity contribution in [2.24, 2.45) is 0 Å². The van der Waals surface area contributed by atoms with Crippen LogP contribution >= 0.6 is 11.3 Å². The molecule has 2 aromatic heterocycles. The smallest absolute Gasteiger partial charge is 0.323 e. The minimum absolute atomic E-state index is 0.0379. The van der Waals surface area contributed by atoms with E-state index in [2.05, 4.69) is 31.2 Å². The van der Waals surface area contributed by atoms with Crippen molar-refractivity contribution in [1.29, 1.82) is 0 Å². The number of fused-ring (bicyclic) bond motifs is 1. The van der Waals surface area contributed by atoms with Gasteiger partial charge in [0.2, 0.25) is 5.91 Å². The number of nitrogens with zero attached hydrogens (tertiary/aromatic N) is 2. The van der Waals surface area contributed by atoms with Gasteiger partial charge >= 0.3 is 6.03 Å². The highest BCUT2D eigenvalue weighted by Gasteiger charge is 2.16. The van der Waals surface area contributed by atoms with E-state index in [1.54, 1.807) is 11.3 Å². The Bertz CT molecular complexity index is 1780. The zero-order chi connectivity index (χ0) is 30.5. The Morgan fingerprint density at radius 3 is 2.20 bits per heavy atom. The molecule has 0 saturated carbocycles. The Morgan fingerprint density at radius 2 is 1.50 bits per heavy atom. The van der Waals surface area contributed by atoms with E-state index in [0.29, 0.717) is 17.9 Å². The Labute approximate surface area is 261 Å². The predicted molar refractivity (Wildman–Crippen MR) is 182 cm³/mol. The van der Waals surface area contributed by atoms with Gasteiger partial charge in [-0.1, -0.05) is 42.8 Å². The van der Waals surface area contributed by atoms with Gasteiger partial charge in [-0.3, -0.25) is 4.79 Å². The minimum Gasteiger partial charge on any atom is -0.383 e. The topological polar surface area (TPSA) is 112 Å². The summed E-state index contributed by atoms with van der Waals surface area (Å²) in [6.07, 6.45) is 6.05. The number of likely N-dealkylation sites (tertiary alicyclic amines) is 1. The SMILES string of the molecule is Cc1cccc(NC(=O)Nc2ccc(-c3csc4c(-c5ccc(NC(=O)CCN6CCCCC6)cc5)cnc(N)c34)cc2)c1. The third-order valence-corrected chi connectivity index (χ3v) is 8.95. The van der Waals surface area contributed by atoms with E-state index >= 15 is 0 Å². The fraction of sp³-hybridized carbons (Fsp3) is 0.229. The summed E-state index contributed by atoms with van der Waals surface area (Å²) in [5, 5.41) is 11.8. The van der Waals surface area contributed by atoms with Crippen molar-refractivity contribution in [3.8, 4) is 22.3 Å². The van der Waals surface area contributed by atoms with Gasteiger partial charge in [0.1, 0.15) is 5.82 Å². The summed E-state index contributed by atoms with van der Waals surface area (Å²) in [7, 11) is 0. The molecule has 9 heteroatoms. The van der Waals surface area contributed by atoms with Gasteiger partial charge in [0.05, 0.1) is 0 Å². The maximum atomic E-state index is 12.5. The number of aryl methyl sites for hydroxylation is 1. The lowest BCUT2D eigenvalue weighted by atomic mass is 10.0. The van der Waals surface area contributed by atoms with Crippen LogP contribution in [0.4, 0.5) is 27.7 Å². The van der Waals surface area contributed by atoms with Gasteiger partial charge in [0, 0.05) is 57.4 Å². The van der Waals surface area contributed by atoms with E-state index in [1.165, 1.54) is 19.3 Å². The summed E-state index contributed by atoms with van der Waals surface area (Å²) in [5.41, 5.74) is 13.6. The second-order valence-corrected chi connectivity index (χ2v) is 12.1. The van der Waals surface area contributed by atoms with E-state index in [0.717, 1.165) is 68.9 Å². The van der Waals surface area contributed by atoms with Crippen LogP contribution in [0.25, 0.3) is 32.3 Å². The van der Waals surface area contributed by atoms with Gasteiger partial charge in [0.15, 0.2) is 0 Å². The average Bonchev–Trinajstić information content (AvgIpc) is 3.48. The average molecular weight is 605 g/mol. The second kappa shape index (κ2) is 13.3. The zero-order valence-corrected chi connectivity index (χ0v) is 25.5. The molecular formula is C35H36N6O2S. The van der Waals surface area contributed by atoms with Crippen molar-refractivity contribution in [3.05, 3.63) is 89.9 Å². The summed E-state index contributed by atoms with van der Waals surface area (Å²) < 4.78 is 1.05. The van der Waals surface area contributed by atoms with Crippen LogP contribution in [0.5, 0.6) is 0 Å². The second-order valence-electron chi connectivity index (χ2n) is 11.2. The highest BCUT2D eigenvalue weighted by Crippen LogP contribution is 2.42. The van der Waals surface area contributed by atoms with E-state index in [4.69, 9.17) is 5.73 Å². The molecule has 8 nitrogen and oxygen atoms in total. The molecule has 0 aliphatic carbocycles. The van der Waals surface area contributed by atoms with Crippen LogP contribution in [0, 0.1) is 6.92 Å². The van der Waals surface area contributed by atoms with Crippen molar-refractivity contribution in [3.63, 3.8) is 0 Å². The van der Waals surface area contributed by atoms with Crippen molar-refractivity contribution in [1.82, 2.24) is 9.88 Å². The number of pyridine rings is 1. The lowest BCUT2D eigenvalue weighted by Crippen LogP contribution is -2.32. The summed E-state index contributed by atoms with van der Waals surface area (Å²) in [4.78, 5) is 31.9. The largest absolute Gasteiger partial charge is 0.383 e. The van der Waals surface area contributed by atoms with Crippen molar-refractivity contribution >= 4 is 56.2 Å². The number of nitrogen functional groups attached to an aromatic ring is 1. The summed E-state index contributed by atoms with van der Waals surface area (Å²) in [5.74, 6) is 0.508. The number of hydrogen-bond acceptors (Lipinski definition) is 6. The molecule has 0 unspecified atom stereocenters. The molecule has 1 saturated heterocycles. The van der Waals surface area contributed by atoms with E-state index in [-0.39, 0.29) is 11.9 Å². The highest BCUT2D eigenvalue weighted by atomic mass is 32.1. The van der Waals surface area contributed by atoms with Gasteiger partial charge < -0.3 is 26.6 Å². The number of aromatic nitrogens is 1. The summed E-state index contributed by atoms with van der Waals surface area (Å²) >= 11 is 1.62. The number of piperidine rings is 1. The van der Waals surface area contributed by atoms with Crippen LogP contribution in [-0.4, -0.2) is 41.5 Å². The molecular weight excluding hydrogens is 568 g/mol. The molecule has 5 aromatic rings. The van der Waals surface area contributed by atoms with Gasteiger partial charge in [-0.2, -0.15) is 0 Å². The number of urea groups is 1. The molecule has 0 spiro atoms. The lowest BCUT2D eigenvalue weighted by Gasteiger charge is -2.25. The molecule has 0 bridgehead atoms. The Hall–Kier alpha value is -4.73. The number of rotatable bonds is 8. The monoisotopic (exact) mass is 604 g/mol. The van der Waals surface area contributed by atoms with Crippen LogP contribution in [0.1, 0.15) is 31.2 Å². The molecule has 1 aliphatic rings. The molecule has 0 atom stereocenters. The Morgan fingerprint density at radius 1 is 0.841 bits per heavy atom.